The molecule has 0 unspecified atom stereocenters. The minimum Gasteiger partial charge on any atom is -0.350 e. The lowest BCUT2D eigenvalue weighted by Gasteiger charge is -2.20. The van der Waals surface area contributed by atoms with Gasteiger partial charge in [-0.2, -0.15) is 0 Å². The second kappa shape index (κ2) is 6.29. The molecule has 5 heteroatoms. The average molecular weight is 343 g/mol. The van der Waals surface area contributed by atoms with Gasteiger partial charge in [0.15, 0.2) is 0 Å². The molecule has 0 saturated carbocycles. The van der Waals surface area contributed by atoms with Crippen molar-refractivity contribution in [1.82, 2.24) is 5.32 Å². The fraction of sp³-hybridized carbons (Fsp3) is 0.263. The molecule has 2 aromatic carbocycles. The fourth-order valence-electron chi connectivity index (χ4n) is 2.96. The molecule has 1 heterocycles. The molecule has 1 aliphatic rings. The van der Waals surface area contributed by atoms with E-state index in [1.807, 2.05) is 50.2 Å². The lowest BCUT2D eigenvalue weighted by Crippen LogP contribution is -2.42. The van der Waals surface area contributed by atoms with E-state index in [-0.39, 0.29) is 18.4 Å². The van der Waals surface area contributed by atoms with E-state index in [9.17, 15) is 9.59 Å². The first kappa shape index (κ1) is 16.5. The lowest BCUT2D eigenvalue weighted by molar-refractivity contribution is -0.125. The number of nitrogens with zero attached hydrogens (tertiary/aromatic N) is 1. The van der Waals surface area contributed by atoms with Crippen molar-refractivity contribution in [3.8, 4) is 0 Å². The summed E-state index contributed by atoms with van der Waals surface area (Å²) in [6.07, 6.45) is 0. The van der Waals surface area contributed by atoms with Gasteiger partial charge in [0.2, 0.25) is 11.8 Å². The van der Waals surface area contributed by atoms with E-state index in [0.29, 0.717) is 11.6 Å². The number of hydrogen-bond acceptors (Lipinski definition) is 2. The molecule has 124 valence electrons. The number of amides is 2. The highest BCUT2D eigenvalue weighted by atomic mass is 35.5. The van der Waals surface area contributed by atoms with Crippen LogP contribution in [-0.2, 0) is 21.5 Å². The molecule has 2 amide bonds. The first-order valence-electron chi connectivity index (χ1n) is 7.82. The third-order valence-electron chi connectivity index (χ3n) is 4.35. The predicted molar refractivity (Wildman–Crippen MR) is 95.1 cm³/mol. The smallest absolute Gasteiger partial charge is 0.240 e. The van der Waals surface area contributed by atoms with Gasteiger partial charge in [0, 0.05) is 17.3 Å². The van der Waals surface area contributed by atoms with Crippen LogP contribution >= 0.6 is 11.6 Å². The van der Waals surface area contributed by atoms with Crippen LogP contribution in [0.15, 0.2) is 48.5 Å². The number of nitrogens with one attached hydrogen (secondary N) is 1. The molecule has 0 aliphatic carbocycles. The zero-order valence-corrected chi connectivity index (χ0v) is 14.4. The van der Waals surface area contributed by atoms with Gasteiger partial charge in [0.05, 0.1) is 5.41 Å². The van der Waals surface area contributed by atoms with E-state index in [1.54, 1.807) is 17.0 Å². The van der Waals surface area contributed by atoms with Crippen LogP contribution in [0.25, 0.3) is 0 Å². The summed E-state index contributed by atoms with van der Waals surface area (Å²) in [7, 11) is 0. The number of fused-ring (bicyclic) bond motifs is 1. The van der Waals surface area contributed by atoms with E-state index >= 15 is 0 Å². The Labute approximate surface area is 146 Å². The van der Waals surface area contributed by atoms with Gasteiger partial charge in [0.25, 0.3) is 0 Å². The molecule has 0 bridgehead atoms. The Morgan fingerprint density at radius 1 is 1.12 bits per heavy atom. The molecule has 1 N–H and O–H groups in total. The maximum Gasteiger partial charge on any atom is 0.240 e. The van der Waals surface area contributed by atoms with E-state index in [4.69, 9.17) is 11.6 Å². The summed E-state index contributed by atoms with van der Waals surface area (Å²) < 4.78 is 0. The predicted octanol–water partition coefficient (Wildman–Crippen LogP) is 3.28. The highest BCUT2D eigenvalue weighted by Gasteiger charge is 2.43. The molecule has 0 spiro atoms. The number of hydrogen-bond donors (Lipinski definition) is 1. The van der Waals surface area contributed by atoms with Gasteiger partial charge in [-0.15, -0.1) is 0 Å². The molecule has 1 aliphatic heterocycles. The minimum atomic E-state index is -0.604. The van der Waals surface area contributed by atoms with Gasteiger partial charge >= 0.3 is 0 Å². The van der Waals surface area contributed by atoms with Crippen LogP contribution in [0.3, 0.4) is 0 Å². The molecule has 0 fully saturated rings. The van der Waals surface area contributed by atoms with Gasteiger partial charge in [0.1, 0.15) is 6.54 Å². The Morgan fingerprint density at radius 2 is 1.79 bits per heavy atom. The number of anilines is 1. The number of rotatable bonds is 4. The maximum absolute atomic E-state index is 12.7. The van der Waals surface area contributed by atoms with Crippen LogP contribution in [0.5, 0.6) is 0 Å². The van der Waals surface area contributed by atoms with Crippen molar-refractivity contribution < 1.29 is 9.59 Å². The van der Waals surface area contributed by atoms with Gasteiger partial charge in [-0.3, -0.25) is 9.59 Å². The fourth-order valence-corrected chi connectivity index (χ4v) is 3.08. The normalized spacial score (nSPS) is 15.3. The molecular formula is C19H19ClN2O2. The molecular weight excluding hydrogens is 324 g/mol. The summed E-state index contributed by atoms with van der Waals surface area (Å²) in [5, 5.41) is 3.51. The second-order valence-corrected chi connectivity index (χ2v) is 6.87. The molecule has 0 atom stereocenters. The summed E-state index contributed by atoms with van der Waals surface area (Å²) in [6, 6.07) is 14.9. The zero-order chi connectivity index (χ0) is 17.3. The van der Waals surface area contributed by atoms with Gasteiger partial charge in [-0.1, -0.05) is 41.9 Å². The summed E-state index contributed by atoms with van der Waals surface area (Å²) in [4.78, 5) is 26.5. The van der Waals surface area contributed by atoms with E-state index < -0.39 is 5.41 Å². The molecule has 0 saturated heterocycles. The number of carbonyl (C=O) groups is 2. The Kier molecular flexibility index (Phi) is 4.33. The van der Waals surface area contributed by atoms with Crippen molar-refractivity contribution in [2.75, 3.05) is 11.4 Å². The SMILES string of the molecule is CC1(C)C(=O)N(CC(=O)NCc2ccc(Cl)cc2)c2ccccc21. The Hall–Kier alpha value is -2.33. The number of para-hydroxylation sites is 1. The molecule has 3 rings (SSSR count). The van der Waals surface area contributed by atoms with E-state index in [1.165, 1.54) is 0 Å². The molecule has 0 radical (unpaired) electrons. The summed E-state index contributed by atoms with van der Waals surface area (Å²) >= 11 is 5.85. The maximum atomic E-state index is 12.7. The number of halogens is 1. The van der Waals surface area contributed by atoms with Crippen LogP contribution in [-0.4, -0.2) is 18.4 Å². The summed E-state index contributed by atoms with van der Waals surface area (Å²) in [5.74, 6) is -0.240. The van der Waals surface area contributed by atoms with Crippen molar-refractivity contribution >= 4 is 29.1 Å². The summed E-state index contributed by atoms with van der Waals surface area (Å²) in [6.45, 7) is 4.20. The first-order valence-corrected chi connectivity index (χ1v) is 8.20. The Balaban J connectivity index is 1.68. The number of benzene rings is 2. The Morgan fingerprint density at radius 3 is 2.50 bits per heavy atom. The second-order valence-electron chi connectivity index (χ2n) is 6.44. The van der Waals surface area contributed by atoms with E-state index in [2.05, 4.69) is 5.32 Å². The monoisotopic (exact) mass is 342 g/mol. The van der Waals surface area contributed by atoms with Crippen molar-refractivity contribution in [1.29, 1.82) is 0 Å². The average Bonchev–Trinajstić information content (AvgIpc) is 2.76. The highest BCUT2D eigenvalue weighted by molar-refractivity contribution is 6.30. The zero-order valence-electron chi connectivity index (χ0n) is 13.7. The Bertz CT molecular complexity index is 784. The van der Waals surface area contributed by atoms with Crippen molar-refractivity contribution in [2.45, 2.75) is 25.8 Å². The standard InChI is InChI=1S/C19H19ClN2O2/c1-19(2)15-5-3-4-6-16(15)22(18(19)24)12-17(23)21-11-13-7-9-14(20)10-8-13/h3-10H,11-12H2,1-2H3,(H,21,23). The van der Waals surface area contributed by atoms with E-state index in [0.717, 1.165) is 16.8 Å². The molecule has 2 aromatic rings. The third-order valence-corrected chi connectivity index (χ3v) is 4.60. The minimum absolute atomic E-state index is 0.0207. The van der Waals surface area contributed by atoms with Crippen molar-refractivity contribution in [3.05, 3.63) is 64.7 Å². The van der Waals surface area contributed by atoms with Crippen LogP contribution in [0.2, 0.25) is 5.02 Å². The highest BCUT2D eigenvalue weighted by Crippen LogP contribution is 2.40. The molecule has 24 heavy (non-hydrogen) atoms. The van der Waals surface area contributed by atoms with Crippen LogP contribution in [0.1, 0.15) is 25.0 Å². The third kappa shape index (κ3) is 3.02. The van der Waals surface area contributed by atoms with Gasteiger partial charge < -0.3 is 10.2 Å². The number of carbonyl (C=O) groups excluding carboxylic acids is 2. The first-order chi connectivity index (χ1) is 11.4. The largest absolute Gasteiger partial charge is 0.350 e. The van der Waals surface area contributed by atoms with Crippen LogP contribution < -0.4 is 10.2 Å². The van der Waals surface area contributed by atoms with Crippen molar-refractivity contribution in [3.63, 3.8) is 0 Å². The van der Waals surface area contributed by atoms with Gasteiger partial charge in [-0.05, 0) is 43.2 Å². The molecule has 4 nitrogen and oxygen atoms in total. The van der Waals surface area contributed by atoms with Gasteiger partial charge in [-0.25, -0.2) is 0 Å². The molecule has 0 aromatic heterocycles. The van der Waals surface area contributed by atoms with Crippen molar-refractivity contribution in [2.24, 2.45) is 0 Å². The summed E-state index contributed by atoms with van der Waals surface area (Å²) in [5.41, 5.74) is 2.13. The lowest BCUT2D eigenvalue weighted by atomic mass is 9.86. The quantitative estimate of drug-likeness (QED) is 0.927. The van der Waals surface area contributed by atoms with Crippen LogP contribution in [0, 0.1) is 0 Å². The van der Waals surface area contributed by atoms with Crippen LogP contribution in [0.4, 0.5) is 5.69 Å². The topological polar surface area (TPSA) is 49.4 Å².